The van der Waals surface area contributed by atoms with Gasteiger partial charge in [-0.3, -0.25) is 0 Å². The van der Waals surface area contributed by atoms with Crippen molar-refractivity contribution < 1.29 is 21.6 Å². The fourth-order valence-electron chi connectivity index (χ4n) is 1.21. The van der Waals surface area contributed by atoms with Crippen molar-refractivity contribution in [3.05, 3.63) is 29.6 Å². The molecule has 1 rings (SSSR count). The maximum atomic E-state index is 13.4. The third-order valence-electron chi connectivity index (χ3n) is 2.33. The summed E-state index contributed by atoms with van der Waals surface area (Å²) in [7, 11) is -3.53. The molecule has 0 bridgehead atoms. The van der Waals surface area contributed by atoms with Crippen LogP contribution in [0.3, 0.4) is 0 Å². The van der Waals surface area contributed by atoms with Crippen LogP contribution in [0.1, 0.15) is 6.92 Å². The maximum absolute atomic E-state index is 13.4. The predicted molar refractivity (Wildman–Crippen MR) is 56.3 cm³/mol. The van der Waals surface area contributed by atoms with Gasteiger partial charge in [-0.15, -0.1) is 0 Å². The predicted octanol–water partition coefficient (Wildman–Crippen LogP) is 1.64. The van der Waals surface area contributed by atoms with Crippen LogP contribution in [0.15, 0.2) is 17.0 Å². The van der Waals surface area contributed by atoms with E-state index in [0.717, 1.165) is 7.05 Å². The molecule has 0 aliphatic carbocycles. The summed E-state index contributed by atoms with van der Waals surface area (Å²) < 4.78 is 63.6. The molecule has 1 aromatic rings. The largest absolute Gasteiger partial charge is 0.249 e. The number of sulfonamides is 1. The molecule has 98 valence electrons. The van der Waals surface area contributed by atoms with Gasteiger partial charge in [-0.05, 0) is 6.92 Å². The van der Waals surface area contributed by atoms with Crippen molar-refractivity contribution in [2.24, 2.45) is 0 Å². The lowest BCUT2D eigenvalue weighted by Gasteiger charge is -2.19. The third kappa shape index (κ3) is 2.47. The van der Waals surface area contributed by atoms with E-state index in [1.807, 2.05) is 0 Å². The highest BCUT2D eigenvalue weighted by molar-refractivity contribution is 7.89. The van der Waals surface area contributed by atoms with Crippen LogP contribution in [0.5, 0.6) is 0 Å². The third-order valence-corrected chi connectivity index (χ3v) is 4.31. The highest BCUT2D eigenvalue weighted by Gasteiger charge is 2.31. The molecule has 0 aliphatic heterocycles. The summed E-state index contributed by atoms with van der Waals surface area (Å²) in [5, 5.41) is 8.59. The number of benzene rings is 1. The van der Waals surface area contributed by atoms with Gasteiger partial charge in [0.2, 0.25) is 10.0 Å². The van der Waals surface area contributed by atoms with E-state index in [2.05, 4.69) is 0 Å². The monoisotopic (exact) mass is 278 g/mol. The van der Waals surface area contributed by atoms with Gasteiger partial charge >= 0.3 is 0 Å². The zero-order valence-electron chi connectivity index (χ0n) is 9.49. The van der Waals surface area contributed by atoms with E-state index >= 15 is 0 Å². The average Bonchev–Trinajstić information content (AvgIpc) is 2.24. The molecule has 0 heterocycles. The number of hydrogen-bond donors (Lipinski definition) is 0. The van der Waals surface area contributed by atoms with Crippen molar-refractivity contribution in [3.8, 4) is 6.07 Å². The van der Waals surface area contributed by atoms with E-state index in [1.165, 1.54) is 6.92 Å². The van der Waals surface area contributed by atoms with Crippen molar-refractivity contribution in [3.63, 3.8) is 0 Å². The molecule has 0 aliphatic rings. The summed E-state index contributed by atoms with van der Waals surface area (Å²) in [6.07, 6.45) is 0. The molecule has 0 aromatic heterocycles. The minimum Gasteiger partial charge on any atom is -0.207 e. The lowest BCUT2D eigenvalue weighted by Crippen LogP contribution is -2.35. The Labute approximate surface area is 102 Å². The van der Waals surface area contributed by atoms with E-state index < -0.39 is 38.4 Å². The fraction of sp³-hybridized carbons (Fsp3) is 0.300. The van der Waals surface area contributed by atoms with Crippen LogP contribution in [0.2, 0.25) is 0 Å². The number of hydrogen-bond acceptors (Lipinski definition) is 3. The highest BCUT2D eigenvalue weighted by atomic mass is 32.2. The smallest absolute Gasteiger partial charge is 0.207 e. The van der Waals surface area contributed by atoms with Gasteiger partial charge in [0.1, 0.15) is 23.5 Å². The first-order valence-electron chi connectivity index (χ1n) is 4.74. The van der Waals surface area contributed by atoms with Gasteiger partial charge in [-0.2, -0.15) is 9.57 Å². The van der Waals surface area contributed by atoms with Crippen molar-refractivity contribution in [2.45, 2.75) is 17.9 Å². The molecule has 0 saturated carbocycles. The van der Waals surface area contributed by atoms with E-state index in [0.29, 0.717) is 4.31 Å². The normalized spacial score (nSPS) is 13.4. The average molecular weight is 278 g/mol. The number of rotatable bonds is 3. The van der Waals surface area contributed by atoms with Crippen molar-refractivity contribution in [2.75, 3.05) is 7.05 Å². The maximum Gasteiger partial charge on any atom is 0.249 e. The molecule has 0 radical (unpaired) electrons. The Balaban J connectivity index is 3.44. The van der Waals surface area contributed by atoms with E-state index in [9.17, 15) is 21.6 Å². The van der Waals surface area contributed by atoms with Gasteiger partial charge in [0.05, 0.1) is 6.07 Å². The summed E-state index contributed by atoms with van der Waals surface area (Å²) in [5.74, 6) is -4.30. The summed E-state index contributed by atoms with van der Waals surface area (Å²) >= 11 is 0. The molecule has 0 spiro atoms. The molecular weight excluding hydrogens is 269 g/mol. The van der Waals surface area contributed by atoms with E-state index in [4.69, 9.17) is 5.26 Å². The lowest BCUT2D eigenvalue weighted by molar-refractivity contribution is 0.426. The molecule has 0 saturated heterocycles. The second-order valence-corrected chi connectivity index (χ2v) is 5.46. The quantitative estimate of drug-likeness (QED) is 0.844. The Bertz CT molecular complexity index is 587. The molecule has 4 nitrogen and oxygen atoms in total. The number of halogens is 3. The topological polar surface area (TPSA) is 61.2 Å². The van der Waals surface area contributed by atoms with Gasteiger partial charge < -0.3 is 0 Å². The van der Waals surface area contributed by atoms with Crippen LogP contribution in [0.4, 0.5) is 13.2 Å². The van der Waals surface area contributed by atoms with Gasteiger partial charge in [0, 0.05) is 19.2 Å². The first-order chi connectivity index (χ1) is 8.21. The van der Waals surface area contributed by atoms with Gasteiger partial charge in [0.25, 0.3) is 0 Å². The highest BCUT2D eigenvalue weighted by Crippen LogP contribution is 2.24. The van der Waals surface area contributed by atoms with Crippen LogP contribution in [-0.4, -0.2) is 25.8 Å². The molecular formula is C10H9F3N2O2S. The van der Waals surface area contributed by atoms with Gasteiger partial charge in [-0.25, -0.2) is 21.6 Å². The summed E-state index contributed by atoms with van der Waals surface area (Å²) in [5.41, 5.74) is 0. The molecule has 1 unspecified atom stereocenters. The number of nitriles is 1. The second-order valence-electron chi connectivity index (χ2n) is 3.52. The van der Waals surface area contributed by atoms with Crippen molar-refractivity contribution in [1.29, 1.82) is 5.26 Å². The zero-order valence-corrected chi connectivity index (χ0v) is 10.3. The Morgan fingerprint density at radius 2 is 1.72 bits per heavy atom. The Kier molecular flexibility index (Phi) is 3.98. The first kappa shape index (κ1) is 14.5. The Morgan fingerprint density at radius 3 is 2.11 bits per heavy atom. The lowest BCUT2D eigenvalue weighted by atomic mass is 10.3. The van der Waals surface area contributed by atoms with Crippen molar-refractivity contribution in [1.82, 2.24) is 4.31 Å². The van der Waals surface area contributed by atoms with Gasteiger partial charge in [0.15, 0.2) is 4.90 Å². The van der Waals surface area contributed by atoms with E-state index in [-0.39, 0.29) is 12.1 Å². The summed E-state index contributed by atoms with van der Waals surface area (Å²) in [6.45, 7) is 1.25. The fourth-order valence-corrected chi connectivity index (χ4v) is 2.57. The zero-order chi connectivity index (χ0) is 14.1. The summed E-state index contributed by atoms with van der Waals surface area (Å²) in [6, 6.07) is 1.04. The first-order valence-corrected chi connectivity index (χ1v) is 6.18. The van der Waals surface area contributed by atoms with Gasteiger partial charge in [-0.1, -0.05) is 0 Å². The molecule has 0 fully saturated rings. The second kappa shape index (κ2) is 4.96. The molecule has 1 atom stereocenters. The molecule has 0 amide bonds. The van der Waals surface area contributed by atoms with Crippen LogP contribution in [-0.2, 0) is 10.0 Å². The SMILES string of the molecule is CC(C#N)N(C)S(=O)(=O)c1c(F)cc(F)cc1F. The van der Waals surface area contributed by atoms with Crippen LogP contribution in [0.25, 0.3) is 0 Å². The minimum absolute atomic E-state index is 0.265. The van der Waals surface area contributed by atoms with Crippen LogP contribution < -0.4 is 0 Å². The molecule has 0 N–H and O–H groups in total. The van der Waals surface area contributed by atoms with Crippen molar-refractivity contribution >= 4 is 10.0 Å². The number of nitrogens with zero attached hydrogens (tertiary/aromatic N) is 2. The Hall–Kier alpha value is -1.59. The molecule has 1 aromatic carbocycles. The Morgan fingerprint density at radius 1 is 1.28 bits per heavy atom. The van der Waals surface area contributed by atoms with Crippen LogP contribution in [0, 0.1) is 28.8 Å². The van der Waals surface area contributed by atoms with E-state index in [1.54, 1.807) is 6.07 Å². The standard InChI is InChI=1S/C10H9F3N2O2S/c1-6(5-14)15(2)18(16,17)10-8(12)3-7(11)4-9(10)13/h3-4,6H,1-2H3. The van der Waals surface area contributed by atoms with Crippen LogP contribution >= 0.6 is 0 Å². The molecule has 8 heteroatoms. The molecule has 18 heavy (non-hydrogen) atoms. The minimum atomic E-state index is -4.53. The summed E-state index contributed by atoms with van der Waals surface area (Å²) in [4.78, 5) is -1.27.